The Labute approximate surface area is 135 Å². The van der Waals surface area contributed by atoms with Crippen LogP contribution in [0.1, 0.15) is 23.6 Å². The zero-order valence-corrected chi connectivity index (χ0v) is 13.9. The van der Waals surface area contributed by atoms with E-state index in [1.54, 1.807) is 0 Å². The third-order valence-electron chi connectivity index (χ3n) is 3.24. The fourth-order valence-electron chi connectivity index (χ4n) is 2.32. The van der Waals surface area contributed by atoms with Crippen molar-refractivity contribution in [1.82, 2.24) is 0 Å². The highest BCUT2D eigenvalue weighted by Gasteiger charge is 2.13. The van der Waals surface area contributed by atoms with E-state index in [1.165, 1.54) is 0 Å². The van der Waals surface area contributed by atoms with Crippen LogP contribution in [0.25, 0.3) is 0 Å². The Bertz CT molecular complexity index is 630. The molecule has 0 aromatic heterocycles. The highest BCUT2D eigenvalue weighted by Crippen LogP contribution is 2.35. The van der Waals surface area contributed by atoms with Crippen molar-refractivity contribution in [1.29, 1.82) is 0 Å². The molecule has 0 aliphatic carbocycles. The number of hydrogen-bond acceptors (Lipinski definition) is 2. The topological polar surface area (TPSA) is 35.2 Å². The fraction of sp³-hybridized carbons (Fsp3) is 0.294. The molecule has 0 bridgehead atoms. The van der Waals surface area contributed by atoms with E-state index >= 15 is 0 Å². The molecule has 0 amide bonds. The van der Waals surface area contributed by atoms with E-state index in [4.69, 9.17) is 33.7 Å². The second kappa shape index (κ2) is 6.69. The molecule has 0 radical (unpaired) electrons. The molecular formula is C17H19Cl2NO. The van der Waals surface area contributed by atoms with Crippen molar-refractivity contribution < 1.29 is 4.74 Å². The van der Waals surface area contributed by atoms with Crippen LogP contribution in [0.4, 0.5) is 0 Å². The molecule has 0 aliphatic heterocycles. The lowest BCUT2D eigenvalue weighted by atomic mass is 10.1. The van der Waals surface area contributed by atoms with Gasteiger partial charge in [-0.05, 0) is 62.6 Å². The minimum Gasteiger partial charge on any atom is -0.456 e. The quantitative estimate of drug-likeness (QED) is 0.829. The molecule has 1 unspecified atom stereocenters. The summed E-state index contributed by atoms with van der Waals surface area (Å²) in [5.41, 5.74) is 8.82. The molecule has 21 heavy (non-hydrogen) atoms. The first kappa shape index (κ1) is 16.2. The van der Waals surface area contributed by atoms with Gasteiger partial charge in [-0.3, -0.25) is 0 Å². The number of halogens is 2. The van der Waals surface area contributed by atoms with Gasteiger partial charge in [-0.2, -0.15) is 0 Å². The lowest BCUT2D eigenvalue weighted by Crippen LogP contribution is -2.18. The Balaban J connectivity index is 2.43. The van der Waals surface area contributed by atoms with E-state index in [1.807, 2.05) is 51.1 Å². The number of aryl methyl sites for hydroxylation is 2. The molecule has 2 aromatic rings. The minimum atomic E-state index is 0.0136. The molecule has 2 N–H and O–H groups in total. The molecule has 0 saturated carbocycles. The van der Waals surface area contributed by atoms with Gasteiger partial charge in [-0.25, -0.2) is 0 Å². The highest BCUT2D eigenvalue weighted by atomic mass is 35.5. The summed E-state index contributed by atoms with van der Waals surface area (Å²) >= 11 is 12.3. The van der Waals surface area contributed by atoms with Gasteiger partial charge < -0.3 is 10.5 Å². The molecule has 0 saturated heterocycles. The van der Waals surface area contributed by atoms with Crippen LogP contribution in [-0.2, 0) is 6.42 Å². The SMILES string of the molecule is Cc1cc(Cl)cc(C)c1Oc1cccc(Cl)c1CC(C)N. The zero-order chi connectivity index (χ0) is 15.6. The summed E-state index contributed by atoms with van der Waals surface area (Å²) < 4.78 is 6.11. The summed E-state index contributed by atoms with van der Waals surface area (Å²) in [5, 5.41) is 1.38. The molecule has 0 fully saturated rings. The van der Waals surface area contributed by atoms with Gasteiger partial charge in [0.2, 0.25) is 0 Å². The van der Waals surface area contributed by atoms with Crippen LogP contribution < -0.4 is 10.5 Å². The third-order valence-corrected chi connectivity index (χ3v) is 3.81. The summed E-state index contributed by atoms with van der Waals surface area (Å²) in [5.74, 6) is 1.56. The van der Waals surface area contributed by atoms with E-state index in [9.17, 15) is 0 Å². The lowest BCUT2D eigenvalue weighted by molar-refractivity contribution is 0.467. The fourth-order valence-corrected chi connectivity index (χ4v) is 2.89. The van der Waals surface area contributed by atoms with Crippen LogP contribution in [0.15, 0.2) is 30.3 Å². The lowest BCUT2D eigenvalue weighted by Gasteiger charge is -2.17. The van der Waals surface area contributed by atoms with Crippen molar-refractivity contribution in [2.24, 2.45) is 5.73 Å². The first-order valence-corrected chi connectivity index (χ1v) is 7.61. The Morgan fingerprint density at radius 2 is 1.76 bits per heavy atom. The van der Waals surface area contributed by atoms with E-state index in [-0.39, 0.29) is 6.04 Å². The first-order chi connectivity index (χ1) is 9.88. The van der Waals surface area contributed by atoms with Crippen LogP contribution in [-0.4, -0.2) is 6.04 Å². The van der Waals surface area contributed by atoms with E-state index in [0.29, 0.717) is 16.5 Å². The molecule has 112 valence electrons. The van der Waals surface area contributed by atoms with Crippen molar-refractivity contribution in [3.63, 3.8) is 0 Å². The van der Waals surface area contributed by atoms with Gasteiger partial charge in [0.25, 0.3) is 0 Å². The summed E-state index contributed by atoms with van der Waals surface area (Å²) in [6.07, 6.45) is 0.667. The van der Waals surface area contributed by atoms with E-state index < -0.39 is 0 Å². The molecule has 2 rings (SSSR count). The largest absolute Gasteiger partial charge is 0.456 e. The number of hydrogen-bond donors (Lipinski definition) is 1. The molecular weight excluding hydrogens is 305 g/mol. The maximum atomic E-state index is 6.29. The van der Waals surface area contributed by atoms with Crippen molar-refractivity contribution in [3.8, 4) is 11.5 Å². The molecule has 0 aliphatic rings. The van der Waals surface area contributed by atoms with Gasteiger partial charge in [0.1, 0.15) is 11.5 Å². The maximum Gasteiger partial charge on any atom is 0.133 e. The predicted octanol–water partition coefficient (Wildman–Crippen LogP) is 5.29. The second-order valence-corrected chi connectivity index (χ2v) is 6.21. The van der Waals surface area contributed by atoms with Gasteiger partial charge in [0.15, 0.2) is 0 Å². The Kier molecular flexibility index (Phi) is 5.15. The average Bonchev–Trinajstić information content (AvgIpc) is 2.37. The molecule has 1 atom stereocenters. The van der Waals surface area contributed by atoms with E-state index in [0.717, 1.165) is 28.2 Å². The number of ether oxygens (including phenoxy) is 1. The molecule has 4 heteroatoms. The van der Waals surface area contributed by atoms with E-state index in [2.05, 4.69) is 0 Å². The standard InChI is InChI=1S/C17H19Cl2NO/c1-10-7-13(18)8-11(2)17(10)21-16-6-4-5-15(19)14(16)9-12(3)20/h4-8,12H,9,20H2,1-3H3. The van der Waals surface area contributed by atoms with Crippen molar-refractivity contribution in [3.05, 3.63) is 57.1 Å². The second-order valence-electron chi connectivity index (χ2n) is 5.37. The van der Waals surface area contributed by atoms with Crippen LogP contribution in [0, 0.1) is 13.8 Å². The van der Waals surface area contributed by atoms with Crippen molar-refractivity contribution in [2.45, 2.75) is 33.2 Å². The minimum absolute atomic E-state index is 0.0136. The van der Waals surface area contributed by atoms with Gasteiger partial charge in [0, 0.05) is 21.7 Å². The summed E-state index contributed by atoms with van der Waals surface area (Å²) in [6, 6.07) is 9.44. The zero-order valence-electron chi connectivity index (χ0n) is 12.4. The van der Waals surface area contributed by atoms with Gasteiger partial charge in [-0.1, -0.05) is 29.3 Å². The molecule has 0 spiro atoms. The number of nitrogens with two attached hydrogens (primary N) is 1. The number of rotatable bonds is 4. The summed E-state index contributed by atoms with van der Waals surface area (Å²) in [4.78, 5) is 0. The Morgan fingerprint density at radius 3 is 2.33 bits per heavy atom. The highest BCUT2D eigenvalue weighted by molar-refractivity contribution is 6.31. The van der Waals surface area contributed by atoms with Crippen molar-refractivity contribution >= 4 is 23.2 Å². The Morgan fingerprint density at radius 1 is 1.14 bits per heavy atom. The predicted molar refractivity (Wildman–Crippen MR) is 89.8 cm³/mol. The third kappa shape index (κ3) is 3.91. The molecule has 2 aromatic carbocycles. The Hall–Kier alpha value is -1.22. The van der Waals surface area contributed by atoms with Crippen LogP contribution in [0.3, 0.4) is 0 Å². The monoisotopic (exact) mass is 323 g/mol. The van der Waals surface area contributed by atoms with Crippen LogP contribution in [0.2, 0.25) is 10.0 Å². The normalized spacial score (nSPS) is 12.3. The van der Waals surface area contributed by atoms with Gasteiger partial charge in [-0.15, -0.1) is 0 Å². The average molecular weight is 324 g/mol. The smallest absolute Gasteiger partial charge is 0.133 e. The summed E-state index contributed by atoms with van der Waals surface area (Å²) in [7, 11) is 0. The van der Waals surface area contributed by atoms with Crippen LogP contribution in [0.5, 0.6) is 11.5 Å². The number of benzene rings is 2. The van der Waals surface area contributed by atoms with Gasteiger partial charge in [0.05, 0.1) is 0 Å². The van der Waals surface area contributed by atoms with Crippen LogP contribution >= 0.6 is 23.2 Å². The maximum absolute atomic E-state index is 6.29. The summed E-state index contributed by atoms with van der Waals surface area (Å²) in [6.45, 7) is 5.90. The molecule has 0 heterocycles. The van der Waals surface area contributed by atoms with Gasteiger partial charge >= 0.3 is 0 Å². The van der Waals surface area contributed by atoms with Crippen molar-refractivity contribution in [2.75, 3.05) is 0 Å². The molecule has 2 nitrogen and oxygen atoms in total. The first-order valence-electron chi connectivity index (χ1n) is 6.86.